The van der Waals surface area contributed by atoms with Crippen LogP contribution in [0.25, 0.3) is 82.1 Å². The second-order valence-electron chi connectivity index (χ2n) is 10.1. The highest BCUT2D eigenvalue weighted by molar-refractivity contribution is 6.39. The molecule has 0 bridgehead atoms. The summed E-state index contributed by atoms with van der Waals surface area (Å²) in [6.07, 6.45) is 0. The first kappa shape index (κ1) is 19.3. The third-order valence-electron chi connectivity index (χ3n) is 8.27. The zero-order valence-corrected chi connectivity index (χ0v) is 20.1. The molecule has 1 nitrogen and oxygen atoms in total. The first-order valence-electron chi connectivity index (χ1n) is 12.9. The van der Waals surface area contributed by atoms with Gasteiger partial charge in [-0.3, -0.25) is 0 Å². The molecule has 9 rings (SSSR count). The molecule has 0 amide bonds. The highest BCUT2D eigenvalue weighted by Crippen LogP contribution is 2.55. The Kier molecular flexibility index (Phi) is 3.59. The van der Waals surface area contributed by atoms with Gasteiger partial charge in [-0.1, -0.05) is 103 Å². The number of aromatic nitrogens is 1. The van der Waals surface area contributed by atoms with Gasteiger partial charge in [-0.15, -0.1) is 0 Å². The van der Waals surface area contributed by atoms with Crippen LogP contribution in [0, 0.1) is 0 Å². The van der Waals surface area contributed by atoms with Gasteiger partial charge in [0.15, 0.2) is 0 Å². The fourth-order valence-corrected chi connectivity index (χ4v) is 6.89. The zero-order valence-electron chi connectivity index (χ0n) is 20.1. The highest BCUT2D eigenvalue weighted by Gasteiger charge is 2.28. The molecule has 0 aliphatic heterocycles. The van der Waals surface area contributed by atoms with Crippen LogP contribution in [0.4, 0.5) is 0 Å². The molecule has 0 unspecified atom stereocenters. The lowest BCUT2D eigenvalue weighted by Gasteiger charge is -2.13. The van der Waals surface area contributed by atoms with Crippen molar-refractivity contribution >= 4 is 54.1 Å². The SMILES string of the molecule is c1ccc(-c2c3c4ccccc4c4ccc5c(c4-3)c3c4c(cccc24)ccc3n5-c2ccccc2)cc1. The largest absolute Gasteiger partial charge is 0.309 e. The first-order valence-corrected chi connectivity index (χ1v) is 12.9. The third-order valence-corrected chi connectivity index (χ3v) is 8.27. The summed E-state index contributed by atoms with van der Waals surface area (Å²) < 4.78 is 2.45. The van der Waals surface area contributed by atoms with Crippen molar-refractivity contribution in [2.45, 2.75) is 0 Å². The summed E-state index contributed by atoms with van der Waals surface area (Å²) >= 11 is 0. The number of fused-ring (bicyclic) bond motifs is 3. The standard InChI is InChI=1S/C36H21N/c1-3-10-22(11-4-1)31-28-17-9-12-23-18-20-29-35(32(23)28)36-30(37(29)24-13-5-2-6-14-24)21-19-27-25-15-7-8-16-26(25)33(31)34(27)36/h1-21H. The van der Waals surface area contributed by atoms with Gasteiger partial charge in [-0.2, -0.15) is 0 Å². The van der Waals surface area contributed by atoms with Gasteiger partial charge in [0.05, 0.1) is 11.0 Å². The molecular weight excluding hydrogens is 446 g/mol. The van der Waals surface area contributed by atoms with Crippen molar-refractivity contribution in [2.75, 3.05) is 0 Å². The molecule has 170 valence electrons. The number of para-hydroxylation sites is 1. The summed E-state index contributed by atoms with van der Waals surface area (Å²) in [5.41, 5.74) is 9.06. The number of hydrogen-bond acceptors (Lipinski definition) is 0. The monoisotopic (exact) mass is 467 g/mol. The summed E-state index contributed by atoms with van der Waals surface area (Å²) in [4.78, 5) is 0. The number of nitrogens with zero attached hydrogens (tertiary/aromatic N) is 1. The van der Waals surface area contributed by atoms with E-state index in [1.807, 2.05) is 0 Å². The lowest BCUT2D eigenvalue weighted by Crippen LogP contribution is -1.93. The molecule has 0 saturated heterocycles. The van der Waals surface area contributed by atoms with E-state index >= 15 is 0 Å². The van der Waals surface area contributed by atoms with Gasteiger partial charge in [0.25, 0.3) is 0 Å². The van der Waals surface area contributed by atoms with Crippen LogP contribution >= 0.6 is 0 Å². The van der Waals surface area contributed by atoms with Crippen molar-refractivity contribution in [1.82, 2.24) is 4.57 Å². The van der Waals surface area contributed by atoms with E-state index in [4.69, 9.17) is 0 Å². The van der Waals surface area contributed by atoms with Crippen molar-refractivity contribution in [3.05, 3.63) is 127 Å². The number of hydrogen-bond donors (Lipinski definition) is 0. The molecule has 0 spiro atoms. The fraction of sp³-hybridized carbons (Fsp3) is 0. The Hall–Kier alpha value is -4.88. The lowest BCUT2D eigenvalue weighted by atomic mass is 9.92. The minimum atomic E-state index is 1.20. The Morgan fingerprint density at radius 1 is 0.351 bits per heavy atom. The predicted octanol–water partition coefficient (Wildman–Crippen LogP) is 9.89. The molecule has 6 aromatic carbocycles. The first-order chi connectivity index (χ1) is 18.4. The van der Waals surface area contributed by atoms with Crippen molar-refractivity contribution in [1.29, 1.82) is 0 Å². The molecule has 0 radical (unpaired) electrons. The summed E-state index contributed by atoms with van der Waals surface area (Å²) in [5.74, 6) is 0. The Morgan fingerprint density at radius 2 is 1.00 bits per heavy atom. The molecule has 1 aromatic heterocycles. The lowest BCUT2D eigenvalue weighted by molar-refractivity contribution is 1.18. The smallest absolute Gasteiger partial charge is 0.0548 e. The average molecular weight is 468 g/mol. The topological polar surface area (TPSA) is 4.93 Å². The molecule has 2 aliphatic rings. The van der Waals surface area contributed by atoms with Crippen LogP contribution in [0.1, 0.15) is 0 Å². The molecular formula is C36H21N. The van der Waals surface area contributed by atoms with E-state index in [2.05, 4.69) is 132 Å². The van der Waals surface area contributed by atoms with Crippen LogP contribution in [0.5, 0.6) is 0 Å². The van der Waals surface area contributed by atoms with Gasteiger partial charge in [-0.05, 0) is 73.3 Å². The normalized spacial score (nSPS) is 12.3. The van der Waals surface area contributed by atoms with E-state index in [-0.39, 0.29) is 0 Å². The minimum absolute atomic E-state index is 1.20. The van der Waals surface area contributed by atoms with E-state index in [0.717, 1.165) is 0 Å². The van der Waals surface area contributed by atoms with E-state index in [9.17, 15) is 0 Å². The maximum Gasteiger partial charge on any atom is 0.0548 e. The van der Waals surface area contributed by atoms with Crippen LogP contribution in [0.3, 0.4) is 0 Å². The molecule has 0 N–H and O–H groups in total. The molecule has 2 aliphatic carbocycles. The van der Waals surface area contributed by atoms with Crippen LogP contribution in [0.15, 0.2) is 127 Å². The number of rotatable bonds is 2. The molecule has 1 heterocycles. The van der Waals surface area contributed by atoms with Crippen LogP contribution in [-0.2, 0) is 0 Å². The van der Waals surface area contributed by atoms with Gasteiger partial charge in [-0.25, -0.2) is 0 Å². The van der Waals surface area contributed by atoms with E-state index in [1.54, 1.807) is 0 Å². The Balaban J connectivity index is 1.67. The molecule has 0 atom stereocenters. The van der Waals surface area contributed by atoms with Gasteiger partial charge < -0.3 is 4.57 Å². The van der Waals surface area contributed by atoms with E-state index < -0.39 is 0 Å². The molecule has 1 heteroatoms. The summed E-state index contributed by atoms with van der Waals surface area (Å²) in [6, 6.07) is 46.8. The maximum atomic E-state index is 2.45. The number of benzene rings is 6. The van der Waals surface area contributed by atoms with Gasteiger partial charge >= 0.3 is 0 Å². The van der Waals surface area contributed by atoms with Gasteiger partial charge in [0.1, 0.15) is 0 Å². The summed E-state index contributed by atoms with van der Waals surface area (Å²) in [6.45, 7) is 0. The summed E-state index contributed by atoms with van der Waals surface area (Å²) in [7, 11) is 0. The molecule has 0 saturated carbocycles. The molecule has 0 fully saturated rings. The predicted molar refractivity (Wildman–Crippen MR) is 158 cm³/mol. The van der Waals surface area contributed by atoms with Gasteiger partial charge in [0.2, 0.25) is 0 Å². The maximum absolute atomic E-state index is 2.45. The minimum Gasteiger partial charge on any atom is -0.309 e. The fourth-order valence-electron chi connectivity index (χ4n) is 6.89. The van der Waals surface area contributed by atoms with Crippen LogP contribution in [0.2, 0.25) is 0 Å². The van der Waals surface area contributed by atoms with Crippen molar-refractivity contribution < 1.29 is 0 Å². The van der Waals surface area contributed by atoms with Crippen molar-refractivity contribution in [3.63, 3.8) is 0 Å². The van der Waals surface area contributed by atoms with Crippen molar-refractivity contribution in [3.8, 4) is 27.9 Å². The zero-order chi connectivity index (χ0) is 24.1. The van der Waals surface area contributed by atoms with E-state index in [1.165, 1.54) is 82.1 Å². The second kappa shape index (κ2) is 6.87. The Labute approximate surface area is 213 Å². The molecule has 37 heavy (non-hydrogen) atoms. The molecule has 7 aromatic rings. The quantitative estimate of drug-likeness (QED) is 0.238. The Bertz CT molecular complexity index is 2220. The van der Waals surface area contributed by atoms with Crippen LogP contribution < -0.4 is 0 Å². The third kappa shape index (κ3) is 2.34. The highest BCUT2D eigenvalue weighted by atomic mass is 15.0. The Morgan fingerprint density at radius 3 is 1.84 bits per heavy atom. The van der Waals surface area contributed by atoms with Crippen molar-refractivity contribution in [2.24, 2.45) is 0 Å². The average Bonchev–Trinajstić information content (AvgIpc) is 3.43. The van der Waals surface area contributed by atoms with E-state index in [0.29, 0.717) is 0 Å². The summed E-state index contributed by atoms with van der Waals surface area (Å²) in [5, 5.41) is 10.7. The second-order valence-corrected chi connectivity index (χ2v) is 10.1. The van der Waals surface area contributed by atoms with Crippen LogP contribution in [-0.4, -0.2) is 4.57 Å². The van der Waals surface area contributed by atoms with Gasteiger partial charge in [0, 0.05) is 22.0 Å².